The van der Waals surface area contributed by atoms with Crippen molar-refractivity contribution in [3.05, 3.63) is 59.7 Å². The second-order valence-corrected chi connectivity index (χ2v) is 7.34. The van der Waals surface area contributed by atoms with E-state index in [4.69, 9.17) is 4.74 Å². The number of sulfonamides is 1. The lowest BCUT2D eigenvalue weighted by atomic mass is 10.1. The minimum Gasteiger partial charge on any atom is -0.496 e. The zero-order valence-corrected chi connectivity index (χ0v) is 15.6. The zero-order valence-electron chi connectivity index (χ0n) is 14.8. The van der Waals surface area contributed by atoms with Gasteiger partial charge in [0, 0.05) is 5.56 Å². The third-order valence-corrected chi connectivity index (χ3v) is 4.99. The van der Waals surface area contributed by atoms with Gasteiger partial charge in [-0.25, -0.2) is 18.6 Å². The summed E-state index contributed by atoms with van der Waals surface area (Å²) in [7, 11) is -2.19. The van der Waals surface area contributed by atoms with Gasteiger partial charge in [0.2, 0.25) is 10.0 Å². The minimum atomic E-state index is -3.74. The quantitative estimate of drug-likeness (QED) is 0.570. The van der Waals surface area contributed by atoms with Crippen LogP contribution in [0, 0.1) is 6.92 Å². The molecule has 0 aliphatic carbocycles. The van der Waals surface area contributed by atoms with E-state index in [1.807, 2.05) is 25.1 Å². The molecule has 0 spiro atoms. The van der Waals surface area contributed by atoms with Crippen molar-refractivity contribution < 1.29 is 17.9 Å². The van der Waals surface area contributed by atoms with Crippen LogP contribution in [0.25, 0.3) is 0 Å². The molecule has 0 atom stereocenters. The van der Waals surface area contributed by atoms with Crippen molar-refractivity contribution in [2.24, 2.45) is 5.10 Å². The molecule has 8 heteroatoms. The second kappa shape index (κ2) is 8.59. The number of carbonyl (C=O) groups excluding carboxylic acids is 1. The number of hydrogen-bond acceptors (Lipinski definition) is 5. The number of ether oxygens (including phenoxy) is 1. The largest absolute Gasteiger partial charge is 0.496 e. The lowest BCUT2D eigenvalue weighted by Gasteiger charge is -2.10. The van der Waals surface area contributed by atoms with Crippen LogP contribution in [0.15, 0.2) is 58.5 Å². The van der Waals surface area contributed by atoms with E-state index in [-0.39, 0.29) is 4.90 Å². The maximum absolute atomic E-state index is 12.1. The average Bonchev–Trinajstić information content (AvgIpc) is 2.65. The first-order valence-corrected chi connectivity index (χ1v) is 9.34. The number of hydrazone groups is 1. The summed E-state index contributed by atoms with van der Waals surface area (Å²) in [6, 6.07) is 13.4. The van der Waals surface area contributed by atoms with E-state index in [1.165, 1.54) is 12.1 Å². The van der Waals surface area contributed by atoms with E-state index in [1.54, 1.807) is 32.2 Å². The van der Waals surface area contributed by atoms with Crippen LogP contribution < -0.4 is 14.9 Å². The topological polar surface area (TPSA) is 96.9 Å². The summed E-state index contributed by atoms with van der Waals surface area (Å²) in [5.74, 6) is 0.0614. The molecule has 2 rings (SSSR count). The first-order chi connectivity index (χ1) is 12.3. The number of carbonyl (C=O) groups is 1. The smallest absolute Gasteiger partial charge is 0.255 e. The molecule has 7 nitrogen and oxygen atoms in total. The van der Waals surface area contributed by atoms with E-state index in [2.05, 4.69) is 15.2 Å². The van der Waals surface area contributed by atoms with E-state index in [0.29, 0.717) is 11.5 Å². The number of benzene rings is 2. The molecule has 0 heterocycles. The van der Waals surface area contributed by atoms with Gasteiger partial charge in [-0.2, -0.15) is 5.10 Å². The number of nitrogens with one attached hydrogen (secondary N) is 2. The Morgan fingerprint density at radius 3 is 2.50 bits per heavy atom. The van der Waals surface area contributed by atoms with Gasteiger partial charge >= 0.3 is 0 Å². The van der Waals surface area contributed by atoms with Crippen molar-refractivity contribution in [1.29, 1.82) is 0 Å². The predicted molar refractivity (Wildman–Crippen MR) is 99.7 cm³/mol. The number of nitrogens with zero attached hydrogens (tertiary/aromatic N) is 1. The fourth-order valence-electron chi connectivity index (χ4n) is 2.19. The lowest BCUT2D eigenvalue weighted by Crippen LogP contribution is -2.35. The Kier molecular flexibility index (Phi) is 6.48. The average molecular weight is 375 g/mol. The van der Waals surface area contributed by atoms with Crippen molar-refractivity contribution in [3.63, 3.8) is 0 Å². The van der Waals surface area contributed by atoms with Gasteiger partial charge in [0.05, 0.1) is 24.3 Å². The highest BCUT2D eigenvalue weighted by atomic mass is 32.2. The zero-order chi connectivity index (χ0) is 19.2. The van der Waals surface area contributed by atoms with Crippen LogP contribution in [0.3, 0.4) is 0 Å². The van der Waals surface area contributed by atoms with Gasteiger partial charge in [-0.3, -0.25) is 4.79 Å². The monoisotopic (exact) mass is 375 g/mol. The van der Waals surface area contributed by atoms with Crippen molar-refractivity contribution in [1.82, 2.24) is 10.1 Å². The number of aryl methyl sites for hydroxylation is 1. The van der Waals surface area contributed by atoms with Crippen LogP contribution in [-0.4, -0.2) is 33.7 Å². The normalized spacial score (nSPS) is 11.9. The van der Waals surface area contributed by atoms with Crippen LogP contribution in [0.2, 0.25) is 0 Å². The summed E-state index contributed by atoms with van der Waals surface area (Å²) in [6.07, 6.45) is 0. The van der Waals surface area contributed by atoms with Crippen LogP contribution in [0.5, 0.6) is 5.75 Å². The Labute approximate surface area is 153 Å². The Bertz CT molecular complexity index is 909. The highest BCUT2D eigenvalue weighted by molar-refractivity contribution is 7.89. The van der Waals surface area contributed by atoms with E-state index >= 15 is 0 Å². The minimum absolute atomic E-state index is 0.0944. The van der Waals surface area contributed by atoms with Gasteiger partial charge in [0.25, 0.3) is 5.91 Å². The highest BCUT2D eigenvalue weighted by Gasteiger charge is 2.15. The summed E-state index contributed by atoms with van der Waals surface area (Å²) in [5.41, 5.74) is 4.66. The van der Waals surface area contributed by atoms with E-state index in [0.717, 1.165) is 11.1 Å². The summed E-state index contributed by atoms with van der Waals surface area (Å²) >= 11 is 0. The molecule has 0 bridgehead atoms. The molecule has 2 N–H and O–H groups in total. The molecule has 0 aliphatic rings. The Morgan fingerprint density at radius 2 is 1.85 bits per heavy atom. The van der Waals surface area contributed by atoms with Crippen LogP contribution in [-0.2, 0) is 14.8 Å². The van der Waals surface area contributed by atoms with Gasteiger partial charge < -0.3 is 4.74 Å². The molecule has 0 radical (unpaired) electrons. The fourth-order valence-corrected chi connectivity index (χ4v) is 3.20. The van der Waals surface area contributed by atoms with Gasteiger partial charge in [-0.05, 0) is 38.1 Å². The van der Waals surface area contributed by atoms with Gasteiger partial charge in [-0.1, -0.05) is 29.8 Å². The molecule has 138 valence electrons. The Balaban J connectivity index is 2.00. The summed E-state index contributed by atoms with van der Waals surface area (Å²) < 4.78 is 31.7. The molecule has 0 fully saturated rings. The lowest BCUT2D eigenvalue weighted by molar-refractivity contribution is -0.119. The predicted octanol–water partition coefficient (Wildman–Crippen LogP) is 1.82. The van der Waals surface area contributed by atoms with Crippen molar-refractivity contribution >= 4 is 21.6 Å². The van der Waals surface area contributed by atoms with Crippen molar-refractivity contribution in [2.75, 3.05) is 13.7 Å². The number of hydrogen-bond donors (Lipinski definition) is 2. The Morgan fingerprint density at radius 1 is 1.15 bits per heavy atom. The van der Waals surface area contributed by atoms with Crippen molar-refractivity contribution in [2.45, 2.75) is 18.7 Å². The molecule has 26 heavy (non-hydrogen) atoms. The molecular weight excluding hydrogens is 354 g/mol. The SMILES string of the molecule is COc1ccc(C)cc1/C(C)=N\NC(=O)CNS(=O)(=O)c1ccccc1. The number of methoxy groups -OCH3 is 1. The standard InChI is InChI=1S/C18H21N3O4S/c1-13-9-10-17(25-3)16(11-13)14(2)20-21-18(22)12-19-26(23,24)15-7-5-4-6-8-15/h4-11,19H,12H2,1-3H3,(H,21,22)/b20-14-. The Hall–Kier alpha value is -2.71. The fraction of sp³-hybridized carbons (Fsp3) is 0.222. The van der Waals surface area contributed by atoms with Crippen LogP contribution in [0.4, 0.5) is 0 Å². The first kappa shape index (κ1) is 19.6. The van der Waals surface area contributed by atoms with E-state index in [9.17, 15) is 13.2 Å². The van der Waals surface area contributed by atoms with Gasteiger partial charge in [-0.15, -0.1) is 0 Å². The maximum atomic E-state index is 12.1. The molecule has 0 aromatic heterocycles. The molecular formula is C18H21N3O4S. The molecule has 0 saturated carbocycles. The van der Waals surface area contributed by atoms with Gasteiger partial charge in [0.15, 0.2) is 0 Å². The maximum Gasteiger partial charge on any atom is 0.255 e. The molecule has 1 amide bonds. The molecule has 0 unspecified atom stereocenters. The van der Waals surface area contributed by atoms with E-state index < -0.39 is 22.5 Å². The van der Waals surface area contributed by atoms with Crippen LogP contribution in [0.1, 0.15) is 18.1 Å². The second-order valence-electron chi connectivity index (χ2n) is 5.57. The third kappa shape index (κ3) is 5.14. The van der Waals surface area contributed by atoms with Crippen molar-refractivity contribution in [3.8, 4) is 5.75 Å². The molecule has 0 saturated heterocycles. The third-order valence-electron chi connectivity index (χ3n) is 3.57. The molecule has 2 aromatic carbocycles. The number of amides is 1. The first-order valence-electron chi connectivity index (χ1n) is 7.86. The molecule has 0 aliphatic heterocycles. The van der Waals surface area contributed by atoms with Crippen LogP contribution >= 0.6 is 0 Å². The summed E-state index contributed by atoms with van der Waals surface area (Å²) in [5, 5.41) is 4.02. The summed E-state index contributed by atoms with van der Waals surface area (Å²) in [4.78, 5) is 12.0. The summed E-state index contributed by atoms with van der Waals surface area (Å²) in [6.45, 7) is 3.25. The highest BCUT2D eigenvalue weighted by Crippen LogP contribution is 2.20. The van der Waals surface area contributed by atoms with Gasteiger partial charge in [0.1, 0.15) is 5.75 Å². The number of rotatable bonds is 7. The molecule has 2 aromatic rings.